The number of rotatable bonds is 1. The van der Waals surface area contributed by atoms with Crippen LogP contribution in [0.2, 0.25) is 0 Å². The number of nitriles is 1. The Morgan fingerprint density at radius 3 is 2.65 bits per heavy atom. The van der Waals surface area contributed by atoms with E-state index in [2.05, 4.69) is 0 Å². The minimum absolute atomic E-state index is 0.0816. The van der Waals surface area contributed by atoms with E-state index in [4.69, 9.17) is 11.0 Å². The van der Waals surface area contributed by atoms with E-state index < -0.39 is 5.91 Å². The molecule has 1 aliphatic rings. The topological polar surface area (TPSA) is 87.2 Å². The van der Waals surface area contributed by atoms with Gasteiger partial charge in [0.2, 0.25) is 0 Å². The molecule has 5 nitrogen and oxygen atoms in total. The zero-order chi connectivity index (χ0) is 12.6. The summed E-state index contributed by atoms with van der Waals surface area (Å²) in [6.45, 7) is 0. The van der Waals surface area contributed by atoms with Crippen molar-refractivity contribution in [1.82, 2.24) is 0 Å². The van der Waals surface area contributed by atoms with Gasteiger partial charge in [-0.3, -0.25) is 9.59 Å². The van der Waals surface area contributed by atoms with Crippen LogP contribution in [0.1, 0.15) is 5.56 Å². The van der Waals surface area contributed by atoms with Crippen LogP contribution in [0.25, 0.3) is 5.57 Å². The fourth-order valence-corrected chi connectivity index (χ4v) is 1.85. The van der Waals surface area contributed by atoms with Gasteiger partial charge in [-0.15, -0.1) is 0 Å². The Balaban J connectivity index is 2.78. The fourth-order valence-electron chi connectivity index (χ4n) is 1.85. The maximum atomic E-state index is 12.0. The zero-order valence-corrected chi connectivity index (χ0v) is 9.10. The van der Waals surface area contributed by atoms with Crippen molar-refractivity contribution in [3.8, 4) is 6.07 Å². The highest BCUT2D eigenvalue weighted by Gasteiger charge is 2.33. The largest absolute Gasteiger partial charge is 0.365 e. The summed E-state index contributed by atoms with van der Waals surface area (Å²) < 4.78 is 0. The molecule has 1 aromatic carbocycles. The molecule has 1 heterocycles. The van der Waals surface area contributed by atoms with Gasteiger partial charge < -0.3 is 10.6 Å². The second-order valence-electron chi connectivity index (χ2n) is 3.61. The summed E-state index contributed by atoms with van der Waals surface area (Å²) in [5, 5.41) is 8.91. The lowest BCUT2D eigenvalue weighted by Gasteiger charge is -2.07. The van der Waals surface area contributed by atoms with Gasteiger partial charge in [0.15, 0.2) is 0 Å². The third kappa shape index (κ3) is 1.47. The Hall–Kier alpha value is -2.61. The first-order chi connectivity index (χ1) is 8.07. The number of nitrogens with two attached hydrogens (primary N) is 1. The number of hydrogen-bond acceptors (Lipinski definition) is 3. The Morgan fingerprint density at radius 1 is 1.41 bits per heavy atom. The summed E-state index contributed by atoms with van der Waals surface area (Å²) in [5.41, 5.74) is 6.12. The number of nitrogens with zero attached hydrogens (tertiary/aromatic N) is 2. The zero-order valence-electron chi connectivity index (χ0n) is 9.10. The second kappa shape index (κ2) is 3.76. The van der Waals surface area contributed by atoms with Gasteiger partial charge >= 0.3 is 0 Å². The van der Waals surface area contributed by atoms with Crippen LogP contribution in [0.4, 0.5) is 5.69 Å². The van der Waals surface area contributed by atoms with Gasteiger partial charge in [0.25, 0.3) is 11.8 Å². The quantitative estimate of drug-likeness (QED) is 0.557. The molecule has 0 spiro atoms. The number of primary amides is 1. The van der Waals surface area contributed by atoms with Crippen LogP contribution in [-0.4, -0.2) is 18.9 Å². The first-order valence-corrected chi connectivity index (χ1v) is 4.89. The lowest BCUT2D eigenvalue weighted by molar-refractivity contribution is -0.115. The van der Waals surface area contributed by atoms with E-state index in [0.717, 1.165) is 0 Å². The number of carbonyl (C=O) groups excluding carboxylic acids is 2. The molecule has 0 atom stereocenters. The van der Waals surface area contributed by atoms with Gasteiger partial charge in [-0.25, -0.2) is 0 Å². The predicted octanol–water partition coefficient (Wildman–Crippen LogP) is 0.425. The molecule has 0 bridgehead atoms. The highest BCUT2D eigenvalue weighted by atomic mass is 16.2. The number of benzene rings is 1. The summed E-state index contributed by atoms with van der Waals surface area (Å²) in [6.07, 6.45) is 0. The van der Waals surface area contributed by atoms with E-state index in [1.165, 1.54) is 4.90 Å². The maximum Gasteiger partial charge on any atom is 0.260 e. The van der Waals surface area contributed by atoms with E-state index in [0.29, 0.717) is 11.3 Å². The van der Waals surface area contributed by atoms with E-state index >= 15 is 0 Å². The molecule has 0 aliphatic carbocycles. The molecule has 0 radical (unpaired) electrons. The molecule has 84 valence electrons. The molecule has 17 heavy (non-hydrogen) atoms. The van der Waals surface area contributed by atoms with Crippen LogP contribution in [0.15, 0.2) is 29.8 Å². The molecule has 0 aromatic heterocycles. The first kappa shape index (κ1) is 10.9. The number of fused-ring (bicyclic) bond motifs is 1. The van der Waals surface area contributed by atoms with E-state index in [1.807, 2.05) is 0 Å². The van der Waals surface area contributed by atoms with Crippen molar-refractivity contribution in [1.29, 1.82) is 5.26 Å². The van der Waals surface area contributed by atoms with Crippen molar-refractivity contribution >= 4 is 23.1 Å². The van der Waals surface area contributed by atoms with Crippen molar-refractivity contribution in [3.05, 3.63) is 35.4 Å². The van der Waals surface area contributed by atoms with Crippen LogP contribution in [0.5, 0.6) is 0 Å². The molecule has 2 N–H and O–H groups in total. The van der Waals surface area contributed by atoms with Gasteiger partial charge in [0.05, 0.1) is 11.3 Å². The summed E-state index contributed by atoms with van der Waals surface area (Å²) in [7, 11) is 1.59. The minimum Gasteiger partial charge on any atom is -0.365 e. The Labute approximate surface area is 97.7 Å². The van der Waals surface area contributed by atoms with Crippen molar-refractivity contribution < 1.29 is 9.59 Å². The van der Waals surface area contributed by atoms with Gasteiger partial charge in [0, 0.05) is 12.6 Å². The normalized spacial score (nSPS) is 16.5. The smallest absolute Gasteiger partial charge is 0.260 e. The molecule has 5 heteroatoms. The molecule has 0 fully saturated rings. The third-order valence-corrected chi connectivity index (χ3v) is 2.66. The number of para-hydroxylation sites is 1. The van der Waals surface area contributed by atoms with Crippen molar-refractivity contribution in [2.75, 3.05) is 11.9 Å². The summed E-state index contributed by atoms with van der Waals surface area (Å²) in [4.78, 5) is 24.5. The Morgan fingerprint density at radius 2 is 2.06 bits per heavy atom. The Kier molecular flexibility index (Phi) is 2.41. The molecule has 0 saturated heterocycles. The fraction of sp³-hybridized carbons (Fsp3) is 0.0833. The minimum atomic E-state index is -0.888. The van der Waals surface area contributed by atoms with Crippen molar-refractivity contribution in [3.63, 3.8) is 0 Å². The number of carbonyl (C=O) groups is 2. The van der Waals surface area contributed by atoms with Crippen LogP contribution in [0.3, 0.4) is 0 Å². The summed E-state index contributed by atoms with van der Waals surface area (Å²) in [5.74, 6) is -1.28. The highest BCUT2D eigenvalue weighted by Crippen LogP contribution is 2.36. The van der Waals surface area contributed by atoms with E-state index in [9.17, 15) is 9.59 Å². The first-order valence-electron chi connectivity index (χ1n) is 4.89. The number of likely N-dealkylation sites (N-methyl/N-ethyl adjacent to an activating group) is 1. The van der Waals surface area contributed by atoms with Gasteiger partial charge in [0.1, 0.15) is 11.6 Å². The number of anilines is 1. The molecule has 1 aliphatic heterocycles. The maximum absolute atomic E-state index is 12.0. The van der Waals surface area contributed by atoms with E-state index in [1.54, 1.807) is 37.4 Å². The van der Waals surface area contributed by atoms with Crippen LogP contribution in [-0.2, 0) is 9.59 Å². The monoisotopic (exact) mass is 227 g/mol. The summed E-state index contributed by atoms with van der Waals surface area (Å²) >= 11 is 0. The van der Waals surface area contributed by atoms with Gasteiger partial charge in [-0.1, -0.05) is 18.2 Å². The molecular formula is C12H9N3O2. The van der Waals surface area contributed by atoms with Crippen LogP contribution >= 0.6 is 0 Å². The SMILES string of the molecule is CN1C(=O)C(=C(C#N)C(N)=O)c2ccccc21. The average molecular weight is 227 g/mol. The molecule has 2 rings (SSSR count). The van der Waals surface area contributed by atoms with Gasteiger partial charge in [-0.2, -0.15) is 5.26 Å². The van der Waals surface area contributed by atoms with Crippen molar-refractivity contribution in [2.45, 2.75) is 0 Å². The van der Waals surface area contributed by atoms with Gasteiger partial charge in [-0.05, 0) is 6.07 Å². The molecule has 1 aromatic rings. The molecule has 0 saturated carbocycles. The second-order valence-corrected chi connectivity index (χ2v) is 3.61. The van der Waals surface area contributed by atoms with Crippen molar-refractivity contribution in [2.24, 2.45) is 5.73 Å². The van der Waals surface area contributed by atoms with Crippen LogP contribution < -0.4 is 10.6 Å². The molecule has 0 unspecified atom stereocenters. The standard InChI is InChI=1S/C12H9N3O2/c1-15-9-5-3-2-4-7(9)10(12(15)17)8(6-13)11(14)16/h2-5H,1H3,(H2,14,16). The summed E-state index contributed by atoms with van der Waals surface area (Å²) in [6, 6.07) is 8.64. The van der Waals surface area contributed by atoms with Crippen LogP contribution in [0, 0.1) is 11.3 Å². The molecule has 2 amide bonds. The highest BCUT2D eigenvalue weighted by molar-refractivity contribution is 6.36. The van der Waals surface area contributed by atoms with E-state index in [-0.39, 0.29) is 17.1 Å². The number of amides is 2. The molecular weight excluding hydrogens is 218 g/mol. The predicted molar refractivity (Wildman–Crippen MR) is 61.6 cm³/mol. The lowest BCUT2D eigenvalue weighted by Crippen LogP contribution is -2.23. The number of hydrogen-bond donors (Lipinski definition) is 1. The average Bonchev–Trinajstić information content (AvgIpc) is 2.56. The lowest BCUT2D eigenvalue weighted by atomic mass is 10.0. The Bertz CT molecular complexity index is 596. The third-order valence-electron chi connectivity index (χ3n) is 2.66.